The second-order valence-corrected chi connectivity index (χ2v) is 8.22. The quantitative estimate of drug-likeness (QED) is 0.516. The van der Waals surface area contributed by atoms with E-state index in [9.17, 15) is 14.0 Å². The standard InChI is InChI=1S/C26H22FN3O5/c27-19-5-1-3-17(11-19)14-33-25(31)23-20(8-6-16-7-9-21-22(12-16)35-15-34-21)29-26(32)30-24(23)18-4-2-10-28-13-18/h1-5,7,9-13,23-24H,6,8,14-15H2,(H,30,32). The summed E-state index contributed by atoms with van der Waals surface area (Å²) in [6.07, 6.45) is 4.08. The number of aromatic nitrogens is 1. The van der Waals surface area contributed by atoms with Gasteiger partial charge in [-0.1, -0.05) is 24.3 Å². The molecule has 3 heterocycles. The molecule has 2 aromatic carbocycles. The van der Waals surface area contributed by atoms with Gasteiger partial charge in [0, 0.05) is 18.1 Å². The fourth-order valence-corrected chi connectivity index (χ4v) is 4.20. The van der Waals surface area contributed by atoms with Gasteiger partial charge in [0.25, 0.3) is 0 Å². The van der Waals surface area contributed by atoms with E-state index < -0.39 is 29.8 Å². The second-order valence-electron chi connectivity index (χ2n) is 8.22. The molecule has 9 heteroatoms. The van der Waals surface area contributed by atoms with Gasteiger partial charge in [-0.3, -0.25) is 9.78 Å². The van der Waals surface area contributed by atoms with Crippen LogP contribution < -0.4 is 14.8 Å². The van der Waals surface area contributed by atoms with Gasteiger partial charge in [-0.2, -0.15) is 0 Å². The number of pyridine rings is 1. The number of aryl methyl sites for hydroxylation is 1. The van der Waals surface area contributed by atoms with Crippen molar-refractivity contribution in [1.29, 1.82) is 0 Å². The number of esters is 1. The second kappa shape index (κ2) is 9.92. The van der Waals surface area contributed by atoms with E-state index in [0.29, 0.717) is 41.2 Å². The van der Waals surface area contributed by atoms with Crippen LogP contribution in [0, 0.1) is 11.7 Å². The van der Waals surface area contributed by atoms with Crippen molar-refractivity contribution in [2.75, 3.05) is 6.79 Å². The number of nitrogens with one attached hydrogen (secondary N) is 1. The van der Waals surface area contributed by atoms with E-state index in [1.54, 1.807) is 36.7 Å². The minimum absolute atomic E-state index is 0.101. The van der Waals surface area contributed by atoms with Crippen molar-refractivity contribution in [3.63, 3.8) is 0 Å². The molecule has 2 aliphatic rings. The Kier molecular flexibility index (Phi) is 6.38. The van der Waals surface area contributed by atoms with Crippen molar-refractivity contribution in [3.05, 3.63) is 89.5 Å². The van der Waals surface area contributed by atoms with Crippen LogP contribution in [0.25, 0.3) is 0 Å². The molecular formula is C26H22FN3O5. The number of nitrogens with zero attached hydrogens (tertiary/aromatic N) is 2. The van der Waals surface area contributed by atoms with Crippen molar-refractivity contribution in [3.8, 4) is 11.5 Å². The number of amides is 2. The Hall–Kier alpha value is -4.27. The summed E-state index contributed by atoms with van der Waals surface area (Å²) in [6, 6.07) is 13.8. The van der Waals surface area contributed by atoms with E-state index in [2.05, 4.69) is 15.3 Å². The SMILES string of the molecule is O=C1N=C(CCc2ccc3c(c2)OCO3)C(C(=O)OCc2cccc(F)c2)C(c2cccnc2)N1. The average molecular weight is 475 g/mol. The Morgan fingerprint density at radius 2 is 1.94 bits per heavy atom. The predicted octanol–water partition coefficient (Wildman–Crippen LogP) is 4.15. The van der Waals surface area contributed by atoms with Crippen LogP contribution >= 0.6 is 0 Å². The summed E-state index contributed by atoms with van der Waals surface area (Å²) in [5.74, 6) is -0.501. The number of aliphatic imine (C=N–C) groups is 1. The first-order chi connectivity index (χ1) is 17.1. The zero-order chi connectivity index (χ0) is 24.2. The van der Waals surface area contributed by atoms with Crippen molar-refractivity contribution < 1.29 is 28.2 Å². The van der Waals surface area contributed by atoms with Crippen LogP contribution in [-0.4, -0.2) is 29.5 Å². The molecule has 2 unspecified atom stereocenters. The smallest absolute Gasteiger partial charge is 0.341 e. The maximum absolute atomic E-state index is 13.5. The normalized spacial score (nSPS) is 18.5. The third-order valence-corrected chi connectivity index (χ3v) is 5.89. The highest BCUT2D eigenvalue weighted by Gasteiger charge is 2.39. The van der Waals surface area contributed by atoms with Gasteiger partial charge in [0.2, 0.25) is 6.79 Å². The fraction of sp³-hybridized carbons (Fsp3) is 0.231. The molecule has 1 aromatic heterocycles. The van der Waals surface area contributed by atoms with Crippen LogP contribution in [0.4, 0.5) is 9.18 Å². The molecule has 35 heavy (non-hydrogen) atoms. The minimum atomic E-state index is -0.862. The maximum Gasteiger partial charge on any atom is 0.341 e. The lowest BCUT2D eigenvalue weighted by atomic mass is 9.86. The summed E-state index contributed by atoms with van der Waals surface area (Å²) in [5.41, 5.74) is 2.54. The van der Waals surface area contributed by atoms with E-state index in [-0.39, 0.29) is 13.4 Å². The molecule has 2 amide bonds. The molecule has 2 atom stereocenters. The number of halogens is 1. The Morgan fingerprint density at radius 1 is 1.06 bits per heavy atom. The van der Waals surface area contributed by atoms with Crippen LogP contribution in [0.1, 0.15) is 29.2 Å². The van der Waals surface area contributed by atoms with Crippen molar-refractivity contribution in [1.82, 2.24) is 10.3 Å². The van der Waals surface area contributed by atoms with Crippen LogP contribution in [0.5, 0.6) is 11.5 Å². The first-order valence-electron chi connectivity index (χ1n) is 11.1. The number of hydrogen-bond donors (Lipinski definition) is 1. The molecule has 3 aromatic rings. The Bertz CT molecular complexity index is 1280. The van der Waals surface area contributed by atoms with Crippen LogP contribution in [0.3, 0.4) is 0 Å². The minimum Gasteiger partial charge on any atom is -0.460 e. The average Bonchev–Trinajstić information content (AvgIpc) is 3.34. The van der Waals surface area contributed by atoms with Gasteiger partial charge in [0.05, 0.1) is 6.04 Å². The number of hydrogen-bond acceptors (Lipinski definition) is 6. The lowest BCUT2D eigenvalue weighted by Gasteiger charge is -2.31. The molecule has 0 spiro atoms. The third-order valence-electron chi connectivity index (χ3n) is 5.89. The van der Waals surface area contributed by atoms with Crippen LogP contribution in [-0.2, 0) is 22.6 Å². The number of carbonyl (C=O) groups excluding carboxylic acids is 2. The molecular weight excluding hydrogens is 453 g/mol. The number of benzene rings is 2. The summed E-state index contributed by atoms with van der Waals surface area (Å²) in [4.78, 5) is 34.0. The molecule has 0 bridgehead atoms. The third kappa shape index (κ3) is 5.13. The zero-order valence-corrected chi connectivity index (χ0v) is 18.6. The van der Waals surface area contributed by atoms with Gasteiger partial charge in [-0.15, -0.1) is 0 Å². The highest BCUT2D eigenvalue weighted by atomic mass is 19.1. The van der Waals surface area contributed by atoms with E-state index in [1.807, 2.05) is 18.2 Å². The van der Waals surface area contributed by atoms with Gasteiger partial charge >= 0.3 is 12.0 Å². The Labute approximate surface area is 200 Å². The first kappa shape index (κ1) is 22.5. The van der Waals surface area contributed by atoms with E-state index in [4.69, 9.17) is 14.2 Å². The van der Waals surface area contributed by atoms with Gasteiger partial charge in [-0.25, -0.2) is 14.2 Å². The van der Waals surface area contributed by atoms with E-state index >= 15 is 0 Å². The molecule has 0 fully saturated rings. The number of carbonyl (C=O) groups is 2. The fourth-order valence-electron chi connectivity index (χ4n) is 4.20. The van der Waals surface area contributed by atoms with Gasteiger partial charge in [-0.05, 0) is 59.9 Å². The Morgan fingerprint density at radius 3 is 2.77 bits per heavy atom. The molecule has 0 saturated carbocycles. The number of fused-ring (bicyclic) bond motifs is 1. The number of rotatable bonds is 7. The molecule has 8 nitrogen and oxygen atoms in total. The zero-order valence-electron chi connectivity index (χ0n) is 18.6. The van der Waals surface area contributed by atoms with E-state index in [1.165, 1.54) is 12.1 Å². The highest BCUT2D eigenvalue weighted by Crippen LogP contribution is 2.34. The predicted molar refractivity (Wildman–Crippen MR) is 124 cm³/mol. The maximum atomic E-state index is 13.5. The molecule has 2 aliphatic heterocycles. The number of ether oxygens (including phenoxy) is 3. The Balaban J connectivity index is 1.38. The van der Waals surface area contributed by atoms with Gasteiger partial charge in [0.15, 0.2) is 11.5 Å². The summed E-state index contributed by atoms with van der Waals surface area (Å²) < 4.78 is 29.9. The molecule has 0 radical (unpaired) electrons. The largest absolute Gasteiger partial charge is 0.460 e. The summed E-state index contributed by atoms with van der Waals surface area (Å²) >= 11 is 0. The molecule has 0 saturated heterocycles. The van der Waals surface area contributed by atoms with Gasteiger partial charge < -0.3 is 19.5 Å². The van der Waals surface area contributed by atoms with Crippen molar-refractivity contribution in [2.24, 2.45) is 10.9 Å². The first-order valence-corrected chi connectivity index (χ1v) is 11.1. The monoisotopic (exact) mass is 475 g/mol. The van der Waals surface area contributed by atoms with Crippen LogP contribution in [0.15, 0.2) is 72.0 Å². The highest BCUT2D eigenvalue weighted by molar-refractivity contribution is 6.09. The molecule has 0 aliphatic carbocycles. The summed E-state index contributed by atoms with van der Waals surface area (Å²) in [5, 5.41) is 2.77. The lowest BCUT2D eigenvalue weighted by Crippen LogP contribution is -2.45. The lowest BCUT2D eigenvalue weighted by molar-refractivity contribution is -0.148. The van der Waals surface area contributed by atoms with Gasteiger partial charge in [0.1, 0.15) is 18.3 Å². The molecule has 5 rings (SSSR count). The molecule has 1 N–H and O–H groups in total. The van der Waals surface area contributed by atoms with Crippen molar-refractivity contribution in [2.45, 2.75) is 25.5 Å². The number of urea groups is 1. The van der Waals surface area contributed by atoms with Crippen LogP contribution in [0.2, 0.25) is 0 Å². The summed E-state index contributed by atoms with van der Waals surface area (Å²) in [6.45, 7) is 0.0773. The van der Waals surface area contributed by atoms with Crippen molar-refractivity contribution >= 4 is 17.7 Å². The summed E-state index contributed by atoms with van der Waals surface area (Å²) in [7, 11) is 0. The topological polar surface area (TPSA) is 99.1 Å². The molecule has 178 valence electrons. The van der Waals surface area contributed by atoms with E-state index in [0.717, 1.165) is 5.56 Å².